The molecule has 136 valence electrons. The number of aryl methyl sites for hydroxylation is 2. The lowest BCUT2D eigenvalue weighted by Crippen LogP contribution is -2.25. The summed E-state index contributed by atoms with van der Waals surface area (Å²) in [5, 5.41) is 9.91. The quantitative estimate of drug-likeness (QED) is 0.671. The normalized spacial score (nSPS) is 14.8. The van der Waals surface area contributed by atoms with Crippen LogP contribution in [0.15, 0.2) is 28.8 Å². The molecule has 0 bridgehead atoms. The number of hydrogen-bond acceptors (Lipinski definition) is 5. The van der Waals surface area contributed by atoms with Gasteiger partial charge in [0.25, 0.3) is 0 Å². The molecule has 0 amide bonds. The van der Waals surface area contributed by atoms with Crippen molar-refractivity contribution in [3.8, 4) is 17.1 Å². The Bertz CT molecular complexity index is 951. The van der Waals surface area contributed by atoms with Crippen LogP contribution < -0.4 is 4.74 Å². The second-order valence-electron chi connectivity index (χ2n) is 6.38. The van der Waals surface area contributed by atoms with Crippen molar-refractivity contribution in [2.45, 2.75) is 20.0 Å². The van der Waals surface area contributed by atoms with Crippen molar-refractivity contribution >= 4 is 23.2 Å². The van der Waals surface area contributed by atoms with Crippen molar-refractivity contribution in [1.29, 1.82) is 0 Å². The predicted molar refractivity (Wildman–Crippen MR) is 99.5 cm³/mol. The number of nitrogens with zero attached hydrogens (tertiary/aromatic N) is 4. The number of hydrogen-bond donors (Lipinski definition) is 0. The zero-order valence-corrected chi connectivity index (χ0v) is 16.0. The minimum atomic E-state index is 0.595. The van der Waals surface area contributed by atoms with Gasteiger partial charge in [0, 0.05) is 48.9 Å². The Morgan fingerprint density at radius 2 is 2.08 bits per heavy atom. The molecule has 3 heterocycles. The molecular weight excluding hydrogens is 375 g/mol. The third-order valence-electron chi connectivity index (χ3n) is 4.40. The molecule has 0 N–H and O–H groups in total. The molecule has 0 aliphatic carbocycles. The Morgan fingerprint density at radius 3 is 2.85 bits per heavy atom. The average Bonchev–Trinajstić information content (AvgIpc) is 3.07. The van der Waals surface area contributed by atoms with Gasteiger partial charge in [-0.1, -0.05) is 28.4 Å². The summed E-state index contributed by atoms with van der Waals surface area (Å²) in [5.74, 6) is 1.61. The first-order valence-electron chi connectivity index (χ1n) is 8.30. The zero-order valence-electron chi connectivity index (χ0n) is 14.5. The minimum Gasteiger partial charge on any atom is -0.492 e. The molecule has 0 radical (unpaired) electrons. The van der Waals surface area contributed by atoms with Gasteiger partial charge in [-0.25, -0.2) is 0 Å². The second-order valence-corrected chi connectivity index (χ2v) is 7.17. The van der Waals surface area contributed by atoms with E-state index < -0.39 is 0 Å². The maximum Gasteiger partial charge on any atom is 0.134 e. The lowest BCUT2D eigenvalue weighted by molar-refractivity contribution is 0.220. The molecule has 1 aliphatic rings. The van der Waals surface area contributed by atoms with Crippen molar-refractivity contribution in [2.24, 2.45) is 7.05 Å². The monoisotopic (exact) mass is 392 g/mol. The van der Waals surface area contributed by atoms with Gasteiger partial charge in [-0.05, 0) is 25.1 Å². The Morgan fingerprint density at radius 1 is 1.23 bits per heavy atom. The van der Waals surface area contributed by atoms with E-state index in [4.69, 9.17) is 32.5 Å². The Hall–Kier alpha value is -2.02. The minimum absolute atomic E-state index is 0.595. The van der Waals surface area contributed by atoms with Gasteiger partial charge in [0.15, 0.2) is 0 Å². The van der Waals surface area contributed by atoms with Crippen LogP contribution in [0.25, 0.3) is 11.4 Å². The molecule has 0 spiro atoms. The number of fused-ring (bicyclic) bond motifs is 1. The highest BCUT2D eigenvalue weighted by atomic mass is 35.5. The number of halogens is 2. The SMILES string of the molecule is Cc1cc(-c2nn(C)c(Cl)c2CN2CCOc3ccc(Cl)cc3C2)no1. The van der Waals surface area contributed by atoms with Gasteiger partial charge in [-0.3, -0.25) is 9.58 Å². The summed E-state index contributed by atoms with van der Waals surface area (Å²) >= 11 is 12.7. The third-order valence-corrected chi connectivity index (χ3v) is 5.11. The maximum absolute atomic E-state index is 6.52. The zero-order chi connectivity index (χ0) is 18.3. The Kier molecular flexibility index (Phi) is 4.65. The summed E-state index contributed by atoms with van der Waals surface area (Å²) in [6.45, 7) is 4.58. The van der Waals surface area contributed by atoms with E-state index in [-0.39, 0.29) is 0 Å². The van der Waals surface area contributed by atoms with Crippen LogP contribution in [0.1, 0.15) is 16.9 Å². The van der Waals surface area contributed by atoms with Gasteiger partial charge >= 0.3 is 0 Å². The van der Waals surface area contributed by atoms with Gasteiger partial charge in [0.2, 0.25) is 0 Å². The maximum atomic E-state index is 6.52. The fourth-order valence-electron chi connectivity index (χ4n) is 3.15. The van der Waals surface area contributed by atoms with Crippen LogP contribution in [0.3, 0.4) is 0 Å². The third kappa shape index (κ3) is 3.32. The van der Waals surface area contributed by atoms with Crippen LogP contribution in [-0.2, 0) is 20.1 Å². The molecule has 3 aromatic rings. The topological polar surface area (TPSA) is 56.3 Å². The summed E-state index contributed by atoms with van der Waals surface area (Å²) < 4.78 is 12.7. The molecule has 1 aromatic carbocycles. The molecule has 2 aromatic heterocycles. The highest BCUT2D eigenvalue weighted by Crippen LogP contribution is 2.31. The van der Waals surface area contributed by atoms with E-state index in [0.717, 1.165) is 41.4 Å². The molecule has 0 atom stereocenters. The molecule has 8 heteroatoms. The van der Waals surface area contributed by atoms with E-state index in [0.29, 0.717) is 29.0 Å². The molecule has 0 fully saturated rings. The van der Waals surface area contributed by atoms with Crippen molar-refractivity contribution < 1.29 is 9.26 Å². The average molecular weight is 393 g/mol. The lowest BCUT2D eigenvalue weighted by atomic mass is 10.1. The molecule has 0 saturated carbocycles. The predicted octanol–water partition coefficient (Wildman–Crippen LogP) is 4.08. The fraction of sp³-hybridized carbons (Fsp3) is 0.333. The van der Waals surface area contributed by atoms with E-state index >= 15 is 0 Å². The Labute approximate surface area is 161 Å². The molecule has 0 unspecified atom stereocenters. The van der Waals surface area contributed by atoms with Crippen LogP contribution in [-0.4, -0.2) is 33.0 Å². The molecule has 6 nitrogen and oxygen atoms in total. The molecule has 4 rings (SSSR count). The number of benzene rings is 1. The highest BCUT2D eigenvalue weighted by molar-refractivity contribution is 6.31. The fourth-order valence-corrected chi connectivity index (χ4v) is 3.53. The molecule has 0 saturated heterocycles. The number of aromatic nitrogens is 3. The van der Waals surface area contributed by atoms with E-state index in [9.17, 15) is 0 Å². The smallest absolute Gasteiger partial charge is 0.134 e. The first kappa shape index (κ1) is 17.4. The first-order valence-corrected chi connectivity index (χ1v) is 9.05. The van der Waals surface area contributed by atoms with Crippen molar-refractivity contribution in [3.63, 3.8) is 0 Å². The Balaban J connectivity index is 1.65. The van der Waals surface area contributed by atoms with Gasteiger partial charge in [0.05, 0.1) is 0 Å². The van der Waals surface area contributed by atoms with E-state index in [1.807, 2.05) is 38.2 Å². The van der Waals surface area contributed by atoms with E-state index in [1.54, 1.807) is 4.68 Å². The number of rotatable bonds is 3. The van der Waals surface area contributed by atoms with E-state index in [2.05, 4.69) is 15.2 Å². The lowest BCUT2D eigenvalue weighted by Gasteiger charge is -2.19. The summed E-state index contributed by atoms with van der Waals surface area (Å²) in [6, 6.07) is 7.57. The van der Waals surface area contributed by atoms with Gasteiger partial charge in [0.1, 0.15) is 34.7 Å². The number of ether oxygens (including phenoxy) is 1. The van der Waals surface area contributed by atoms with Crippen LogP contribution in [0.5, 0.6) is 5.75 Å². The molecule has 26 heavy (non-hydrogen) atoms. The highest BCUT2D eigenvalue weighted by Gasteiger charge is 2.23. The van der Waals surface area contributed by atoms with Crippen molar-refractivity contribution in [2.75, 3.05) is 13.2 Å². The van der Waals surface area contributed by atoms with Crippen LogP contribution in [0.2, 0.25) is 10.2 Å². The molecule has 1 aliphatic heterocycles. The summed E-state index contributed by atoms with van der Waals surface area (Å²) in [4.78, 5) is 2.27. The van der Waals surface area contributed by atoms with Crippen molar-refractivity contribution in [3.05, 3.63) is 51.3 Å². The largest absolute Gasteiger partial charge is 0.492 e. The van der Waals surface area contributed by atoms with Crippen LogP contribution >= 0.6 is 23.2 Å². The van der Waals surface area contributed by atoms with Gasteiger partial charge in [-0.15, -0.1) is 0 Å². The van der Waals surface area contributed by atoms with Gasteiger partial charge in [-0.2, -0.15) is 5.10 Å². The van der Waals surface area contributed by atoms with Crippen LogP contribution in [0, 0.1) is 6.92 Å². The second kappa shape index (κ2) is 6.95. The summed E-state index contributed by atoms with van der Waals surface area (Å²) in [7, 11) is 1.82. The van der Waals surface area contributed by atoms with Gasteiger partial charge < -0.3 is 9.26 Å². The van der Waals surface area contributed by atoms with Crippen molar-refractivity contribution in [1.82, 2.24) is 19.8 Å². The first-order chi connectivity index (χ1) is 12.5. The molecular formula is C18H18Cl2N4O2. The standard InChI is InChI=1S/C18H18Cl2N4O2/c1-11-7-15(22-26-11)17-14(18(20)23(2)21-17)10-24-5-6-25-16-4-3-13(19)8-12(16)9-24/h3-4,7-8H,5-6,9-10H2,1-2H3. The van der Waals surface area contributed by atoms with Crippen LogP contribution in [0.4, 0.5) is 0 Å². The van der Waals surface area contributed by atoms with E-state index in [1.165, 1.54) is 0 Å². The summed E-state index contributed by atoms with van der Waals surface area (Å²) in [6.07, 6.45) is 0. The summed E-state index contributed by atoms with van der Waals surface area (Å²) in [5.41, 5.74) is 3.42.